The van der Waals surface area contributed by atoms with E-state index in [1.54, 1.807) is 0 Å². The molecule has 0 aliphatic carbocycles. The Hall–Kier alpha value is -1.79. The summed E-state index contributed by atoms with van der Waals surface area (Å²) in [6, 6.07) is 5.57. The minimum absolute atomic E-state index is 0.0765. The van der Waals surface area contributed by atoms with Crippen LogP contribution in [0.2, 0.25) is 0 Å². The second-order valence-electron chi connectivity index (χ2n) is 5.74. The van der Waals surface area contributed by atoms with E-state index < -0.39 is 0 Å². The zero-order valence-electron chi connectivity index (χ0n) is 12.3. The van der Waals surface area contributed by atoms with Crippen LogP contribution in [0.3, 0.4) is 0 Å². The van der Waals surface area contributed by atoms with E-state index >= 15 is 0 Å². The van der Waals surface area contributed by atoms with Gasteiger partial charge in [0.2, 0.25) is 12.7 Å². The summed E-state index contributed by atoms with van der Waals surface area (Å²) in [5.41, 5.74) is 0.767. The van der Waals surface area contributed by atoms with Crippen molar-refractivity contribution in [3.05, 3.63) is 23.8 Å². The van der Waals surface area contributed by atoms with Crippen LogP contribution < -0.4 is 20.1 Å². The molecular weight excluding hydrogens is 272 g/mol. The summed E-state index contributed by atoms with van der Waals surface area (Å²) in [4.78, 5) is 11.9. The molecule has 114 valence electrons. The predicted molar refractivity (Wildman–Crippen MR) is 76.3 cm³/mol. The van der Waals surface area contributed by atoms with Crippen LogP contribution in [0.4, 0.5) is 0 Å². The van der Waals surface area contributed by atoms with Gasteiger partial charge in [0, 0.05) is 13.1 Å². The Morgan fingerprint density at radius 1 is 1.43 bits per heavy atom. The third kappa shape index (κ3) is 3.11. The highest BCUT2D eigenvalue weighted by Crippen LogP contribution is 2.34. The summed E-state index contributed by atoms with van der Waals surface area (Å²) >= 11 is 0. The van der Waals surface area contributed by atoms with Crippen molar-refractivity contribution in [1.82, 2.24) is 10.6 Å². The van der Waals surface area contributed by atoms with E-state index in [0.29, 0.717) is 0 Å². The normalized spacial score (nSPS) is 19.7. The van der Waals surface area contributed by atoms with Crippen LogP contribution in [0.5, 0.6) is 11.5 Å². The minimum atomic E-state index is -0.209. The van der Waals surface area contributed by atoms with Gasteiger partial charge in [0.1, 0.15) is 6.61 Å². The molecule has 1 fully saturated rings. The van der Waals surface area contributed by atoms with E-state index in [1.807, 2.05) is 32.0 Å². The molecule has 1 aromatic rings. The monoisotopic (exact) mass is 292 g/mol. The Labute approximate surface area is 123 Å². The Morgan fingerprint density at radius 3 is 2.90 bits per heavy atom. The molecule has 2 heterocycles. The quantitative estimate of drug-likeness (QED) is 0.846. The number of hydrogen-bond donors (Lipinski definition) is 2. The Bertz CT molecular complexity index is 542. The van der Waals surface area contributed by atoms with Crippen LogP contribution in [0.25, 0.3) is 0 Å². The lowest BCUT2D eigenvalue weighted by Crippen LogP contribution is -2.59. The molecule has 0 saturated carbocycles. The van der Waals surface area contributed by atoms with Crippen LogP contribution >= 0.6 is 0 Å². The molecule has 6 heteroatoms. The number of nitrogens with one attached hydrogen (secondary N) is 2. The highest BCUT2D eigenvalue weighted by atomic mass is 16.7. The summed E-state index contributed by atoms with van der Waals surface area (Å²) < 4.78 is 16.2. The fourth-order valence-electron chi connectivity index (χ4n) is 2.37. The van der Waals surface area contributed by atoms with Crippen molar-refractivity contribution in [1.29, 1.82) is 0 Å². The van der Waals surface area contributed by atoms with Gasteiger partial charge in [-0.3, -0.25) is 4.79 Å². The van der Waals surface area contributed by atoms with Crippen LogP contribution in [0, 0.1) is 0 Å². The van der Waals surface area contributed by atoms with Crippen molar-refractivity contribution in [3.8, 4) is 11.5 Å². The first kappa shape index (κ1) is 14.2. The summed E-state index contributed by atoms with van der Waals surface area (Å²) in [6.45, 7) is 5.84. The fraction of sp³-hybridized carbons (Fsp3) is 0.533. The van der Waals surface area contributed by atoms with Crippen molar-refractivity contribution < 1.29 is 19.0 Å². The molecule has 0 bridgehead atoms. The SMILES string of the molecule is CC(NC(=O)COC1(C)CNC1)c1ccc2c(c1)OCO2. The first-order valence-corrected chi connectivity index (χ1v) is 7.09. The van der Waals surface area contributed by atoms with E-state index in [2.05, 4.69) is 10.6 Å². The third-order valence-corrected chi connectivity index (χ3v) is 3.82. The molecule has 3 rings (SSSR count). The molecule has 21 heavy (non-hydrogen) atoms. The van der Waals surface area contributed by atoms with Crippen molar-refractivity contribution in [2.75, 3.05) is 26.5 Å². The van der Waals surface area contributed by atoms with Gasteiger partial charge in [0.15, 0.2) is 11.5 Å². The van der Waals surface area contributed by atoms with Gasteiger partial charge >= 0.3 is 0 Å². The van der Waals surface area contributed by atoms with Gasteiger partial charge in [0.05, 0.1) is 11.6 Å². The second-order valence-corrected chi connectivity index (χ2v) is 5.74. The summed E-state index contributed by atoms with van der Waals surface area (Å²) in [5, 5.41) is 6.06. The lowest BCUT2D eigenvalue weighted by molar-refractivity contribution is -0.136. The summed E-state index contributed by atoms with van der Waals surface area (Å²) in [6.07, 6.45) is 0. The molecule has 1 unspecified atom stereocenters. The first-order chi connectivity index (χ1) is 10.1. The van der Waals surface area contributed by atoms with Crippen LogP contribution in [0.1, 0.15) is 25.5 Å². The highest BCUT2D eigenvalue weighted by Gasteiger charge is 2.33. The lowest BCUT2D eigenvalue weighted by atomic mass is 10.0. The Balaban J connectivity index is 1.53. The maximum Gasteiger partial charge on any atom is 0.246 e. The Kier molecular flexibility index (Phi) is 3.73. The number of fused-ring (bicyclic) bond motifs is 1. The zero-order valence-corrected chi connectivity index (χ0v) is 12.3. The standard InChI is InChI=1S/C15H20N2O4/c1-10(11-3-4-12-13(5-11)20-9-19-12)17-14(18)6-21-15(2)7-16-8-15/h3-5,10,16H,6-9H2,1-2H3,(H,17,18). The first-order valence-electron chi connectivity index (χ1n) is 7.09. The van der Waals surface area contributed by atoms with E-state index in [4.69, 9.17) is 14.2 Å². The average Bonchev–Trinajstić information content (AvgIpc) is 2.90. The molecule has 1 atom stereocenters. The van der Waals surface area contributed by atoms with Gasteiger partial charge in [-0.15, -0.1) is 0 Å². The molecule has 2 aliphatic rings. The maximum atomic E-state index is 11.9. The highest BCUT2D eigenvalue weighted by molar-refractivity contribution is 5.77. The van der Waals surface area contributed by atoms with Gasteiger partial charge in [-0.1, -0.05) is 6.07 Å². The molecule has 0 radical (unpaired) electrons. The number of amides is 1. The van der Waals surface area contributed by atoms with Gasteiger partial charge in [-0.2, -0.15) is 0 Å². The van der Waals surface area contributed by atoms with E-state index in [0.717, 1.165) is 30.2 Å². The van der Waals surface area contributed by atoms with Crippen LogP contribution in [-0.4, -0.2) is 38.0 Å². The molecule has 0 aromatic heterocycles. The molecule has 1 aromatic carbocycles. The molecule has 2 N–H and O–H groups in total. The molecule has 1 saturated heterocycles. The number of benzene rings is 1. The zero-order chi connectivity index (χ0) is 14.9. The number of hydrogen-bond acceptors (Lipinski definition) is 5. The third-order valence-electron chi connectivity index (χ3n) is 3.82. The topological polar surface area (TPSA) is 68.8 Å². The molecule has 1 amide bonds. The number of carbonyl (C=O) groups excluding carboxylic acids is 1. The lowest BCUT2D eigenvalue weighted by Gasteiger charge is -2.38. The van der Waals surface area contributed by atoms with Crippen molar-refractivity contribution in [2.45, 2.75) is 25.5 Å². The van der Waals surface area contributed by atoms with Crippen LogP contribution in [-0.2, 0) is 9.53 Å². The van der Waals surface area contributed by atoms with Crippen molar-refractivity contribution >= 4 is 5.91 Å². The summed E-state index contributed by atoms with van der Waals surface area (Å²) in [5.74, 6) is 1.34. The average molecular weight is 292 g/mol. The predicted octanol–water partition coefficient (Wildman–Crippen LogP) is 0.971. The molecular formula is C15H20N2O4. The van der Waals surface area contributed by atoms with Gasteiger partial charge in [-0.25, -0.2) is 0 Å². The molecule has 0 spiro atoms. The molecule has 2 aliphatic heterocycles. The second kappa shape index (κ2) is 5.54. The maximum absolute atomic E-state index is 11.9. The van der Waals surface area contributed by atoms with Crippen LogP contribution in [0.15, 0.2) is 18.2 Å². The minimum Gasteiger partial charge on any atom is -0.454 e. The molecule has 6 nitrogen and oxygen atoms in total. The smallest absolute Gasteiger partial charge is 0.246 e. The van der Waals surface area contributed by atoms with E-state index in [9.17, 15) is 4.79 Å². The fourth-order valence-corrected chi connectivity index (χ4v) is 2.37. The largest absolute Gasteiger partial charge is 0.454 e. The van der Waals surface area contributed by atoms with E-state index in [1.165, 1.54) is 0 Å². The summed E-state index contributed by atoms with van der Waals surface area (Å²) in [7, 11) is 0. The number of ether oxygens (including phenoxy) is 3. The number of carbonyl (C=O) groups is 1. The van der Waals surface area contributed by atoms with Gasteiger partial charge < -0.3 is 24.8 Å². The van der Waals surface area contributed by atoms with Crippen molar-refractivity contribution in [2.24, 2.45) is 0 Å². The Morgan fingerprint density at radius 2 is 2.19 bits per heavy atom. The van der Waals surface area contributed by atoms with Gasteiger partial charge in [-0.05, 0) is 31.5 Å². The number of rotatable bonds is 5. The van der Waals surface area contributed by atoms with E-state index in [-0.39, 0.29) is 30.9 Å². The van der Waals surface area contributed by atoms with Crippen molar-refractivity contribution in [3.63, 3.8) is 0 Å². The van der Waals surface area contributed by atoms with Gasteiger partial charge in [0.25, 0.3) is 0 Å².